The highest BCUT2D eigenvalue weighted by Gasteiger charge is 2.25. The Bertz CT molecular complexity index is 971. The number of benzene rings is 1. The molecule has 0 amide bonds. The molecule has 5 N–H and O–H groups in total. The van der Waals surface area contributed by atoms with Crippen molar-refractivity contribution in [3.8, 4) is 0 Å². The highest BCUT2D eigenvalue weighted by molar-refractivity contribution is 9.10. The fourth-order valence-corrected chi connectivity index (χ4v) is 3.09. The lowest BCUT2D eigenvalue weighted by molar-refractivity contribution is 0.598. The molecule has 0 saturated heterocycles. The third kappa shape index (κ3) is 4.16. The van der Waals surface area contributed by atoms with Crippen LogP contribution in [-0.2, 0) is 0 Å². The van der Waals surface area contributed by atoms with Crippen LogP contribution in [0.4, 0.5) is 28.1 Å². The van der Waals surface area contributed by atoms with Gasteiger partial charge in [-0.05, 0) is 31.9 Å². The van der Waals surface area contributed by atoms with Crippen LogP contribution in [0.1, 0.15) is 43.0 Å². The number of nitrogens with zero attached hydrogens (tertiary/aromatic N) is 4. The average molecular weight is 433 g/mol. The van der Waals surface area contributed by atoms with E-state index in [-0.39, 0.29) is 29.7 Å². The molecule has 10 heteroatoms. The van der Waals surface area contributed by atoms with E-state index in [0.717, 1.165) is 5.69 Å². The van der Waals surface area contributed by atoms with Crippen molar-refractivity contribution in [2.75, 3.05) is 16.4 Å². The SMILES string of the molecule is CC(Nc1nc(N)nc(Nc2cc(C3CC3)[nH]n2)n1)c1ccc(Br)cc1F. The Balaban J connectivity index is 1.50. The lowest BCUT2D eigenvalue weighted by Gasteiger charge is -2.15. The number of nitrogens with two attached hydrogens (primary N) is 1. The van der Waals surface area contributed by atoms with Crippen molar-refractivity contribution in [1.29, 1.82) is 0 Å². The molecular weight excluding hydrogens is 415 g/mol. The van der Waals surface area contributed by atoms with Crippen LogP contribution in [0.2, 0.25) is 0 Å². The molecule has 140 valence electrons. The third-order valence-corrected chi connectivity index (χ3v) is 4.78. The second-order valence-electron chi connectivity index (χ2n) is 6.48. The zero-order valence-electron chi connectivity index (χ0n) is 14.5. The van der Waals surface area contributed by atoms with Crippen LogP contribution >= 0.6 is 15.9 Å². The maximum Gasteiger partial charge on any atom is 0.235 e. The molecule has 0 spiro atoms. The van der Waals surface area contributed by atoms with Crippen molar-refractivity contribution in [2.45, 2.75) is 31.7 Å². The monoisotopic (exact) mass is 432 g/mol. The lowest BCUT2D eigenvalue weighted by Crippen LogP contribution is -2.13. The Morgan fingerprint density at radius 3 is 2.74 bits per heavy atom. The first-order chi connectivity index (χ1) is 13.0. The third-order valence-electron chi connectivity index (χ3n) is 4.28. The maximum atomic E-state index is 14.2. The fourth-order valence-electron chi connectivity index (χ4n) is 2.76. The summed E-state index contributed by atoms with van der Waals surface area (Å²) < 4.78 is 14.8. The number of hydrogen-bond donors (Lipinski definition) is 4. The Morgan fingerprint density at radius 2 is 2.00 bits per heavy atom. The summed E-state index contributed by atoms with van der Waals surface area (Å²) >= 11 is 3.25. The molecule has 0 radical (unpaired) electrons. The summed E-state index contributed by atoms with van der Waals surface area (Å²) in [5.74, 6) is 1.42. The zero-order valence-corrected chi connectivity index (χ0v) is 16.1. The number of aromatic nitrogens is 5. The molecule has 1 aliphatic carbocycles. The summed E-state index contributed by atoms with van der Waals surface area (Å²) in [6, 6.07) is 6.46. The molecule has 1 aliphatic rings. The number of hydrogen-bond acceptors (Lipinski definition) is 7. The van der Waals surface area contributed by atoms with Crippen LogP contribution in [0.5, 0.6) is 0 Å². The van der Waals surface area contributed by atoms with Gasteiger partial charge in [0.2, 0.25) is 17.8 Å². The van der Waals surface area contributed by atoms with E-state index in [1.54, 1.807) is 12.1 Å². The number of H-pyrrole nitrogens is 1. The van der Waals surface area contributed by atoms with Gasteiger partial charge < -0.3 is 16.4 Å². The molecular formula is C17H18BrFN8. The van der Waals surface area contributed by atoms with Gasteiger partial charge in [-0.15, -0.1) is 0 Å². The van der Waals surface area contributed by atoms with Gasteiger partial charge in [0.05, 0.1) is 6.04 Å². The van der Waals surface area contributed by atoms with Crippen LogP contribution < -0.4 is 16.4 Å². The Kier molecular flexibility index (Phi) is 4.65. The predicted molar refractivity (Wildman–Crippen MR) is 104 cm³/mol. The zero-order chi connectivity index (χ0) is 19.0. The molecule has 2 aromatic heterocycles. The van der Waals surface area contributed by atoms with E-state index in [1.165, 1.54) is 18.9 Å². The first-order valence-corrected chi connectivity index (χ1v) is 9.32. The van der Waals surface area contributed by atoms with Crippen molar-refractivity contribution < 1.29 is 4.39 Å². The Hall–Kier alpha value is -2.75. The van der Waals surface area contributed by atoms with Crippen molar-refractivity contribution in [3.63, 3.8) is 0 Å². The topological polar surface area (TPSA) is 117 Å². The highest BCUT2D eigenvalue weighted by atomic mass is 79.9. The molecule has 8 nitrogen and oxygen atoms in total. The van der Waals surface area contributed by atoms with E-state index in [1.807, 2.05) is 13.0 Å². The minimum atomic E-state index is -0.361. The molecule has 27 heavy (non-hydrogen) atoms. The van der Waals surface area contributed by atoms with Gasteiger partial charge in [0.25, 0.3) is 0 Å². The van der Waals surface area contributed by atoms with Crippen molar-refractivity contribution in [3.05, 3.63) is 45.8 Å². The van der Waals surface area contributed by atoms with Gasteiger partial charge in [-0.25, -0.2) is 4.39 Å². The molecule has 2 heterocycles. The highest BCUT2D eigenvalue weighted by Crippen LogP contribution is 2.39. The van der Waals surface area contributed by atoms with Crippen molar-refractivity contribution >= 4 is 39.6 Å². The summed E-state index contributed by atoms with van der Waals surface area (Å²) in [6.45, 7) is 1.81. The quantitative estimate of drug-likeness (QED) is 0.466. The van der Waals surface area contributed by atoms with Gasteiger partial charge in [-0.3, -0.25) is 5.10 Å². The Morgan fingerprint density at radius 1 is 1.22 bits per heavy atom. The molecule has 1 aromatic carbocycles. The molecule has 4 rings (SSSR count). The molecule has 0 bridgehead atoms. The standard InChI is InChI=1S/C17H18BrFN8/c1-8(11-5-4-10(18)6-12(11)19)21-16-23-15(20)24-17(25-16)22-14-7-13(26-27-14)9-2-3-9/h4-9H,2-3H2,1H3,(H5,20,21,22,23,24,25,26,27). The maximum absolute atomic E-state index is 14.2. The number of rotatable bonds is 6. The minimum Gasteiger partial charge on any atom is -0.368 e. The van der Waals surface area contributed by atoms with Crippen molar-refractivity contribution in [1.82, 2.24) is 25.1 Å². The summed E-state index contributed by atoms with van der Waals surface area (Å²) in [4.78, 5) is 12.5. The van der Waals surface area contributed by atoms with Crippen LogP contribution in [0.25, 0.3) is 0 Å². The number of nitrogen functional groups attached to an aromatic ring is 1. The number of aromatic amines is 1. The smallest absolute Gasteiger partial charge is 0.235 e. The normalized spacial score (nSPS) is 14.8. The van der Waals surface area contributed by atoms with Gasteiger partial charge in [-0.2, -0.15) is 20.1 Å². The van der Waals surface area contributed by atoms with E-state index in [0.29, 0.717) is 21.8 Å². The van der Waals surface area contributed by atoms with E-state index in [9.17, 15) is 4.39 Å². The number of halogens is 2. The summed E-state index contributed by atoms with van der Waals surface area (Å²) in [6.07, 6.45) is 2.36. The minimum absolute atomic E-state index is 0.0523. The van der Waals surface area contributed by atoms with E-state index in [4.69, 9.17) is 5.73 Å². The van der Waals surface area contributed by atoms with Gasteiger partial charge in [0.1, 0.15) is 5.82 Å². The van der Waals surface area contributed by atoms with Gasteiger partial charge in [0.15, 0.2) is 5.82 Å². The van der Waals surface area contributed by atoms with Crippen molar-refractivity contribution in [2.24, 2.45) is 0 Å². The van der Waals surface area contributed by atoms with Crippen LogP contribution in [0.3, 0.4) is 0 Å². The molecule has 1 atom stereocenters. The Labute approximate surface area is 163 Å². The fraction of sp³-hybridized carbons (Fsp3) is 0.294. The molecule has 1 saturated carbocycles. The van der Waals surface area contributed by atoms with Crippen LogP contribution in [-0.4, -0.2) is 25.1 Å². The second kappa shape index (κ2) is 7.10. The lowest BCUT2D eigenvalue weighted by atomic mass is 10.1. The average Bonchev–Trinajstić information content (AvgIpc) is 3.34. The van der Waals surface area contributed by atoms with Crippen LogP contribution in [0.15, 0.2) is 28.7 Å². The first kappa shape index (κ1) is 17.7. The molecule has 1 fully saturated rings. The van der Waals surface area contributed by atoms with Crippen LogP contribution in [0, 0.1) is 5.82 Å². The molecule has 1 unspecified atom stereocenters. The van der Waals surface area contributed by atoms with E-state index >= 15 is 0 Å². The summed E-state index contributed by atoms with van der Waals surface area (Å²) in [5.41, 5.74) is 7.38. The van der Waals surface area contributed by atoms with Gasteiger partial charge in [0, 0.05) is 27.7 Å². The van der Waals surface area contributed by atoms with E-state index < -0.39 is 0 Å². The largest absolute Gasteiger partial charge is 0.368 e. The first-order valence-electron chi connectivity index (χ1n) is 8.53. The molecule has 0 aliphatic heterocycles. The molecule has 3 aromatic rings. The van der Waals surface area contributed by atoms with E-state index in [2.05, 4.69) is 51.7 Å². The predicted octanol–water partition coefficient (Wildman–Crippen LogP) is 3.87. The van der Waals surface area contributed by atoms with Gasteiger partial charge in [-0.1, -0.05) is 22.0 Å². The summed E-state index contributed by atoms with van der Waals surface area (Å²) in [7, 11) is 0. The van der Waals surface area contributed by atoms with Gasteiger partial charge >= 0.3 is 0 Å². The number of nitrogens with one attached hydrogen (secondary N) is 3. The summed E-state index contributed by atoms with van der Waals surface area (Å²) in [5, 5.41) is 13.3. The second-order valence-corrected chi connectivity index (χ2v) is 7.40. The number of anilines is 4.